The van der Waals surface area contributed by atoms with Gasteiger partial charge in [-0.15, -0.1) is 0 Å². The van der Waals surface area contributed by atoms with Crippen molar-refractivity contribution in [1.29, 1.82) is 0 Å². The summed E-state index contributed by atoms with van der Waals surface area (Å²) < 4.78 is 0. The fourth-order valence-corrected chi connectivity index (χ4v) is 4.03. The summed E-state index contributed by atoms with van der Waals surface area (Å²) in [5.41, 5.74) is -0.670. The van der Waals surface area contributed by atoms with Crippen LogP contribution in [-0.2, 0) is 4.79 Å². The highest BCUT2D eigenvalue weighted by atomic mass is 16.3. The summed E-state index contributed by atoms with van der Waals surface area (Å²) in [7, 11) is 0. The number of nitrogens with zero attached hydrogens (tertiary/aromatic N) is 1. The lowest BCUT2D eigenvalue weighted by Gasteiger charge is -2.33. The highest BCUT2D eigenvalue weighted by molar-refractivity contribution is 5.99. The van der Waals surface area contributed by atoms with Gasteiger partial charge < -0.3 is 15.7 Å². The van der Waals surface area contributed by atoms with E-state index in [1.165, 1.54) is 70.6 Å². The van der Waals surface area contributed by atoms with Crippen LogP contribution in [0.25, 0.3) is 0 Å². The fraction of sp³-hybridized carbons (Fsp3) is 0.920. The van der Waals surface area contributed by atoms with E-state index < -0.39 is 5.41 Å². The number of aliphatic hydroxyl groups excluding tert-OH is 1. The summed E-state index contributed by atoms with van der Waals surface area (Å²) >= 11 is 0. The molecule has 0 bridgehead atoms. The van der Waals surface area contributed by atoms with E-state index in [1.807, 2.05) is 13.8 Å². The van der Waals surface area contributed by atoms with Gasteiger partial charge in [-0.25, -0.2) is 0 Å². The van der Waals surface area contributed by atoms with Crippen LogP contribution in [0.15, 0.2) is 4.99 Å². The van der Waals surface area contributed by atoms with E-state index >= 15 is 0 Å². The van der Waals surface area contributed by atoms with Gasteiger partial charge in [-0.2, -0.15) is 0 Å². The summed E-state index contributed by atoms with van der Waals surface area (Å²) in [6.45, 7) is 8.15. The van der Waals surface area contributed by atoms with Gasteiger partial charge in [-0.3, -0.25) is 9.79 Å². The van der Waals surface area contributed by atoms with Crippen LogP contribution in [0.3, 0.4) is 0 Å². The zero-order chi connectivity index (χ0) is 22.1. The largest absolute Gasteiger partial charge is 0.392 e. The van der Waals surface area contributed by atoms with Gasteiger partial charge in [0.05, 0.1) is 11.5 Å². The predicted octanol–water partition coefficient (Wildman–Crippen LogP) is 5.01. The summed E-state index contributed by atoms with van der Waals surface area (Å²) in [6.07, 6.45) is 19.1. The zero-order valence-corrected chi connectivity index (χ0v) is 20.1. The topological polar surface area (TPSA) is 73.7 Å². The average Bonchev–Trinajstić information content (AvgIpc) is 2.73. The van der Waals surface area contributed by atoms with Gasteiger partial charge in [0, 0.05) is 31.9 Å². The molecule has 3 N–H and O–H groups in total. The first-order valence-electron chi connectivity index (χ1n) is 12.7. The molecule has 1 aliphatic heterocycles. The van der Waals surface area contributed by atoms with E-state index in [1.54, 1.807) is 6.21 Å². The van der Waals surface area contributed by atoms with Crippen molar-refractivity contribution in [3.63, 3.8) is 0 Å². The van der Waals surface area contributed by atoms with Crippen molar-refractivity contribution >= 4 is 12.1 Å². The number of aliphatic imine (C=N–C) groups is 1. The molecule has 5 heteroatoms. The second-order valence-corrected chi connectivity index (χ2v) is 9.39. The van der Waals surface area contributed by atoms with Crippen LogP contribution in [0.1, 0.15) is 111 Å². The Kier molecular flexibility index (Phi) is 15.1. The van der Waals surface area contributed by atoms with Gasteiger partial charge in [0.1, 0.15) is 0 Å². The van der Waals surface area contributed by atoms with Crippen LogP contribution in [0, 0.1) is 5.41 Å². The second-order valence-electron chi connectivity index (χ2n) is 9.39. The van der Waals surface area contributed by atoms with Crippen molar-refractivity contribution in [1.82, 2.24) is 10.6 Å². The molecule has 3 unspecified atom stereocenters. The zero-order valence-electron chi connectivity index (χ0n) is 20.1. The average molecular weight is 424 g/mol. The molecule has 0 aromatic rings. The summed E-state index contributed by atoms with van der Waals surface area (Å²) in [6, 6.07) is -0.0732. The minimum Gasteiger partial charge on any atom is -0.392 e. The molecule has 30 heavy (non-hydrogen) atoms. The lowest BCUT2D eigenvalue weighted by molar-refractivity contribution is -0.127. The molecule has 5 nitrogen and oxygen atoms in total. The van der Waals surface area contributed by atoms with Gasteiger partial charge in [0.15, 0.2) is 0 Å². The van der Waals surface area contributed by atoms with Crippen LogP contribution >= 0.6 is 0 Å². The smallest absolute Gasteiger partial charge is 0.232 e. The first-order chi connectivity index (χ1) is 14.5. The number of amides is 1. The van der Waals surface area contributed by atoms with E-state index in [0.717, 1.165) is 25.8 Å². The first kappa shape index (κ1) is 27.1. The Morgan fingerprint density at radius 2 is 1.63 bits per heavy atom. The monoisotopic (exact) mass is 423 g/mol. The number of rotatable bonds is 17. The summed E-state index contributed by atoms with van der Waals surface area (Å²) in [4.78, 5) is 16.9. The second kappa shape index (κ2) is 16.7. The van der Waals surface area contributed by atoms with Crippen molar-refractivity contribution in [2.75, 3.05) is 19.6 Å². The molecule has 1 rings (SSSR count). The van der Waals surface area contributed by atoms with Gasteiger partial charge >= 0.3 is 0 Å². The van der Waals surface area contributed by atoms with Crippen LogP contribution in [0.5, 0.6) is 0 Å². The lowest BCUT2D eigenvalue weighted by Crippen LogP contribution is -2.54. The maximum absolute atomic E-state index is 12.5. The molecule has 0 aliphatic carbocycles. The van der Waals surface area contributed by atoms with E-state index in [0.29, 0.717) is 13.1 Å². The predicted molar refractivity (Wildman–Crippen MR) is 128 cm³/mol. The van der Waals surface area contributed by atoms with E-state index in [4.69, 9.17) is 0 Å². The molecule has 1 aliphatic rings. The number of hydrogen-bond donors (Lipinski definition) is 3. The minimum atomic E-state index is -0.670. The van der Waals surface area contributed by atoms with Crippen LogP contribution in [0.2, 0.25) is 0 Å². The summed E-state index contributed by atoms with van der Waals surface area (Å²) in [5.74, 6) is 0.0152. The first-order valence-corrected chi connectivity index (χ1v) is 12.7. The van der Waals surface area contributed by atoms with E-state index in [2.05, 4.69) is 22.5 Å². The van der Waals surface area contributed by atoms with Crippen LogP contribution in [-0.4, -0.2) is 49.0 Å². The SMILES string of the molecule is CCCCCCCCCCCCCCC(O)CNC(C)C1(C)C=NCCCNC1=O. The minimum absolute atomic E-state index is 0.0152. The van der Waals surface area contributed by atoms with Crippen LogP contribution < -0.4 is 10.6 Å². The molecule has 176 valence electrons. The number of nitrogens with one attached hydrogen (secondary N) is 2. The number of unbranched alkanes of at least 4 members (excludes halogenated alkanes) is 11. The molecule has 0 aromatic heterocycles. The maximum Gasteiger partial charge on any atom is 0.232 e. The van der Waals surface area contributed by atoms with Crippen molar-refractivity contribution < 1.29 is 9.90 Å². The third kappa shape index (κ3) is 11.5. The van der Waals surface area contributed by atoms with Crippen LogP contribution in [0.4, 0.5) is 0 Å². The number of carbonyl (C=O) groups excluding carboxylic acids is 1. The molecular weight excluding hydrogens is 374 g/mol. The standard InChI is InChI=1S/C25H49N3O2/c1-4-5-6-7-8-9-10-11-12-13-14-15-17-23(29)20-28-22(2)25(3)21-26-18-16-19-27-24(25)30/h21-23,28-29H,4-20H2,1-3H3,(H,27,30). The maximum atomic E-state index is 12.5. The summed E-state index contributed by atoms with van der Waals surface area (Å²) in [5, 5.41) is 16.7. The van der Waals surface area contributed by atoms with Gasteiger partial charge in [-0.1, -0.05) is 84.0 Å². The van der Waals surface area contributed by atoms with Crippen molar-refractivity contribution in [2.45, 2.75) is 123 Å². The molecule has 0 saturated heterocycles. The van der Waals surface area contributed by atoms with Gasteiger partial charge in [0.25, 0.3) is 0 Å². The molecule has 1 heterocycles. The van der Waals surface area contributed by atoms with Gasteiger partial charge in [-0.05, 0) is 26.7 Å². The molecule has 3 atom stereocenters. The molecule has 0 fully saturated rings. The highest BCUT2D eigenvalue weighted by Gasteiger charge is 2.37. The third-order valence-corrected chi connectivity index (χ3v) is 6.55. The normalized spacial score (nSPS) is 21.7. The van der Waals surface area contributed by atoms with E-state index in [9.17, 15) is 9.90 Å². The molecular formula is C25H49N3O2. The Morgan fingerprint density at radius 3 is 2.23 bits per heavy atom. The molecule has 0 spiro atoms. The van der Waals surface area contributed by atoms with E-state index in [-0.39, 0.29) is 18.1 Å². The number of aliphatic hydroxyl groups is 1. The molecule has 1 amide bonds. The van der Waals surface area contributed by atoms with Crippen molar-refractivity contribution in [3.05, 3.63) is 0 Å². The Morgan fingerprint density at radius 1 is 1.07 bits per heavy atom. The quantitative estimate of drug-likeness (QED) is 0.288. The number of carbonyl (C=O) groups is 1. The van der Waals surface area contributed by atoms with Gasteiger partial charge in [0.2, 0.25) is 5.91 Å². The molecule has 0 aromatic carbocycles. The molecule has 0 radical (unpaired) electrons. The number of hydrogen-bond acceptors (Lipinski definition) is 4. The Hall–Kier alpha value is -0.940. The van der Waals surface area contributed by atoms with Crippen molar-refractivity contribution in [3.8, 4) is 0 Å². The highest BCUT2D eigenvalue weighted by Crippen LogP contribution is 2.21. The Balaban J connectivity index is 2.05. The third-order valence-electron chi connectivity index (χ3n) is 6.55. The van der Waals surface area contributed by atoms with Crippen molar-refractivity contribution in [2.24, 2.45) is 10.4 Å². The lowest BCUT2D eigenvalue weighted by atomic mass is 9.82. The Bertz CT molecular complexity index is 469. The Labute approximate surface area is 185 Å². The fourth-order valence-electron chi connectivity index (χ4n) is 4.03. The molecule has 0 saturated carbocycles.